The number of halogens is 1. The minimum Gasteiger partial charge on any atom is -0.462 e. The summed E-state index contributed by atoms with van der Waals surface area (Å²) in [6, 6.07) is 6.95. The molecule has 0 unspecified atom stereocenters. The molecule has 0 atom stereocenters. The fraction of sp³-hybridized carbons (Fsp3) is 0.143. The summed E-state index contributed by atoms with van der Waals surface area (Å²) >= 11 is 5.84. The number of nitrogens with one attached hydrogen (secondary N) is 1. The molecule has 8 heteroatoms. The van der Waals surface area contributed by atoms with Crippen LogP contribution in [0.3, 0.4) is 0 Å². The van der Waals surface area contributed by atoms with Crippen LogP contribution in [0.1, 0.15) is 17.3 Å². The van der Waals surface area contributed by atoms with Crippen LogP contribution in [-0.4, -0.2) is 32.2 Å². The molecule has 1 aromatic carbocycles. The van der Waals surface area contributed by atoms with Gasteiger partial charge in [0.25, 0.3) is 11.3 Å². The van der Waals surface area contributed by atoms with E-state index in [0.717, 1.165) is 10.1 Å². The van der Waals surface area contributed by atoms with Gasteiger partial charge in [-0.2, -0.15) is 9.50 Å². The molecule has 3 rings (SSSR count). The molecule has 0 aliphatic rings. The Morgan fingerprint density at radius 1 is 1.36 bits per heavy atom. The summed E-state index contributed by atoms with van der Waals surface area (Å²) in [7, 11) is 0. The van der Waals surface area contributed by atoms with Gasteiger partial charge in [-0.25, -0.2) is 9.78 Å². The average molecular weight is 319 g/mol. The number of ether oxygens (including phenoxy) is 1. The monoisotopic (exact) mass is 318 g/mol. The standard InChI is InChI=1S/C14H11ClN4O3/c1-2-22-13(21)10-7-16-14-17-11(18-19(14)12(10)20)8-3-5-9(15)6-4-8/h3-7H,2H2,1H3,(H,16,17,18). The molecule has 0 saturated carbocycles. The third-order valence-electron chi connectivity index (χ3n) is 2.99. The van der Waals surface area contributed by atoms with Crippen molar-refractivity contribution in [3.8, 4) is 11.4 Å². The van der Waals surface area contributed by atoms with Crippen molar-refractivity contribution in [1.82, 2.24) is 19.6 Å². The molecule has 0 bridgehead atoms. The van der Waals surface area contributed by atoms with Gasteiger partial charge >= 0.3 is 5.97 Å². The zero-order valence-electron chi connectivity index (χ0n) is 11.5. The number of hydrogen-bond donors (Lipinski definition) is 1. The highest BCUT2D eigenvalue weighted by molar-refractivity contribution is 6.30. The summed E-state index contributed by atoms with van der Waals surface area (Å²) in [6.45, 7) is 1.84. The molecule has 0 amide bonds. The fourth-order valence-corrected chi connectivity index (χ4v) is 2.07. The Labute approximate surface area is 129 Å². The first-order valence-corrected chi connectivity index (χ1v) is 6.88. The lowest BCUT2D eigenvalue weighted by Crippen LogP contribution is -2.24. The molecule has 22 heavy (non-hydrogen) atoms. The number of hydrogen-bond acceptors (Lipinski definition) is 5. The van der Waals surface area contributed by atoms with E-state index in [1.165, 1.54) is 6.20 Å². The van der Waals surface area contributed by atoms with Crippen LogP contribution in [0.2, 0.25) is 5.02 Å². The summed E-state index contributed by atoms with van der Waals surface area (Å²) in [6.07, 6.45) is 1.17. The Morgan fingerprint density at radius 2 is 2.09 bits per heavy atom. The van der Waals surface area contributed by atoms with Crippen LogP contribution in [0.25, 0.3) is 17.2 Å². The van der Waals surface area contributed by atoms with Crippen LogP contribution >= 0.6 is 11.6 Å². The van der Waals surface area contributed by atoms with E-state index in [9.17, 15) is 9.59 Å². The van der Waals surface area contributed by atoms with Crippen LogP contribution in [0.4, 0.5) is 0 Å². The lowest BCUT2D eigenvalue weighted by atomic mass is 10.2. The highest BCUT2D eigenvalue weighted by Crippen LogP contribution is 2.18. The van der Waals surface area contributed by atoms with E-state index in [4.69, 9.17) is 16.3 Å². The normalized spacial score (nSPS) is 10.8. The molecule has 0 aliphatic carbocycles. The van der Waals surface area contributed by atoms with Crippen LogP contribution in [0, 0.1) is 0 Å². The lowest BCUT2D eigenvalue weighted by Gasteiger charge is -2.00. The topological polar surface area (TPSA) is 89.3 Å². The number of esters is 1. The molecule has 0 radical (unpaired) electrons. The van der Waals surface area contributed by atoms with Gasteiger partial charge in [-0.3, -0.25) is 9.89 Å². The van der Waals surface area contributed by atoms with Crippen LogP contribution in [0.15, 0.2) is 35.3 Å². The molecule has 112 valence electrons. The molecule has 2 heterocycles. The van der Waals surface area contributed by atoms with Gasteiger partial charge in [0.2, 0.25) is 0 Å². The maximum Gasteiger partial charge on any atom is 0.345 e. The molecular weight excluding hydrogens is 308 g/mol. The van der Waals surface area contributed by atoms with E-state index in [2.05, 4.69) is 15.1 Å². The van der Waals surface area contributed by atoms with Crippen molar-refractivity contribution in [3.05, 3.63) is 51.4 Å². The average Bonchev–Trinajstić information content (AvgIpc) is 2.93. The van der Waals surface area contributed by atoms with Gasteiger partial charge < -0.3 is 4.74 Å². The third kappa shape index (κ3) is 2.46. The Balaban J connectivity index is 2.10. The highest BCUT2D eigenvalue weighted by atomic mass is 35.5. The third-order valence-corrected chi connectivity index (χ3v) is 3.24. The zero-order valence-corrected chi connectivity index (χ0v) is 12.3. The first kappa shape index (κ1) is 14.3. The van der Waals surface area contributed by atoms with Crippen molar-refractivity contribution in [2.75, 3.05) is 6.61 Å². The second-order valence-corrected chi connectivity index (χ2v) is 4.85. The van der Waals surface area contributed by atoms with Crippen molar-refractivity contribution < 1.29 is 9.53 Å². The maximum atomic E-state index is 12.3. The van der Waals surface area contributed by atoms with Crippen molar-refractivity contribution in [2.24, 2.45) is 0 Å². The van der Waals surface area contributed by atoms with Crippen molar-refractivity contribution >= 4 is 23.3 Å². The predicted octanol–water partition coefficient (Wildman–Crippen LogP) is 1.91. The van der Waals surface area contributed by atoms with Gasteiger partial charge in [0.05, 0.1) is 12.8 Å². The first-order chi connectivity index (χ1) is 10.6. The van der Waals surface area contributed by atoms with E-state index in [0.29, 0.717) is 10.8 Å². The number of aromatic amines is 1. The van der Waals surface area contributed by atoms with Crippen molar-refractivity contribution in [2.45, 2.75) is 6.92 Å². The molecule has 3 aromatic rings. The number of aromatic nitrogens is 4. The second-order valence-electron chi connectivity index (χ2n) is 4.41. The van der Waals surface area contributed by atoms with E-state index >= 15 is 0 Å². The van der Waals surface area contributed by atoms with E-state index in [-0.39, 0.29) is 17.9 Å². The fourth-order valence-electron chi connectivity index (χ4n) is 1.94. The van der Waals surface area contributed by atoms with Crippen molar-refractivity contribution in [1.29, 1.82) is 0 Å². The number of rotatable bonds is 3. The Hall–Kier alpha value is -2.67. The number of fused-ring (bicyclic) bond motifs is 1. The smallest absolute Gasteiger partial charge is 0.345 e. The Kier molecular flexibility index (Phi) is 3.64. The van der Waals surface area contributed by atoms with Gasteiger partial charge in [0.15, 0.2) is 5.82 Å². The number of nitrogens with zero attached hydrogens (tertiary/aromatic N) is 3. The zero-order chi connectivity index (χ0) is 15.7. The summed E-state index contributed by atoms with van der Waals surface area (Å²) in [5.41, 5.74) is 0.0359. The van der Waals surface area contributed by atoms with E-state index in [1.807, 2.05) is 0 Å². The second kappa shape index (κ2) is 5.61. The molecule has 0 aliphatic heterocycles. The minimum absolute atomic E-state index is 0.148. The Morgan fingerprint density at radius 3 is 2.77 bits per heavy atom. The largest absolute Gasteiger partial charge is 0.462 e. The maximum absolute atomic E-state index is 12.3. The molecule has 1 N–H and O–H groups in total. The molecule has 7 nitrogen and oxygen atoms in total. The highest BCUT2D eigenvalue weighted by Gasteiger charge is 2.16. The minimum atomic E-state index is -0.711. The van der Waals surface area contributed by atoms with E-state index < -0.39 is 11.5 Å². The van der Waals surface area contributed by atoms with E-state index in [1.54, 1.807) is 31.2 Å². The number of carbonyl (C=O) groups excluding carboxylic acids is 1. The molecule has 0 saturated heterocycles. The predicted molar refractivity (Wildman–Crippen MR) is 80.0 cm³/mol. The van der Waals surface area contributed by atoms with Crippen LogP contribution < -0.4 is 5.56 Å². The molecule has 2 aromatic heterocycles. The number of H-pyrrole nitrogens is 1. The number of benzene rings is 1. The molecule has 0 spiro atoms. The first-order valence-electron chi connectivity index (χ1n) is 6.51. The summed E-state index contributed by atoms with van der Waals surface area (Å²) < 4.78 is 5.93. The summed E-state index contributed by atoms with van der Waals surface area (Å²) in [4.78, 5) is 32.2. The summed E-state index contributed by atoms with van der Waals surface area (Å²) in [5.74, 6) is -0.0951. The van der Waals surface area contributed by atoms with Gasteiger partial charge in [-0.1, -0.05) is 11.6 Å². The van der Waals surface area contributed by atoms with Gasteiger partial charge in [0, 0.05) is 10.6 Å². The molecular formula is C14H11ClN4O3. The Bertz CT molecular complexity index is 899. The van der Waals surface area contributed by atoms with Crippen LogP contribution in [-0.2, 0) is 4.74 Å². The molecule has 0 fully saturated rings. The lowest BCUT2D eigenvalue weighted by molar-refractivity contribution is 0.0523. The van der Waals surface area contributed by atoms with Crippen LogP contribution in [0.5, 0.6) is 0 Å². The van der Waals surface area contributed by atoms with Crippen molar-refractivity contribution in [3.63, 3.8) is 0 Å². The SMILES string of the molecule is CCOC(=O)c1cnc2nc(-c3ccc(Cl)cc3)[nH]n2c1=O. The van der Waals surface area contributed by atoms with Gasteiger partial charge in [-0.05, 0) is 31.2 Å². The number of carbonyl (C=O) groups is 1. The van der Waals surface area contributed by atoms with Gasteiger partial charge in [-0.15, -0.1) is 0 Å². The quantitative estimate of drug-likeness (QED) is 0.745. The van der Waals surface area contributed by atoms with Gasteiger partial charge in [0.1, 0.15) is 5.56 Å². The summed E-state index contributed by atoms with van der Waals surface area (Å²) in [5, 5.41) is 3.41.